The lowest BCUT2D eigenvalue weighted by Crippen LogP contribution is -2.44. The number of piperidine rings is 1. The molecule has 2 heterocycles. The van der Waals surface area contributed by atoms with Crippen molar-refractivity contribution in [1.82, 2.24) is 9.88 Å². The second-order valence-corrected chi connectivity index (χ2v) is 5.99. The van der Waals surface area contributed by atoms with Crippen molar-refractivity contribution in [1.29, 1.82) is 0 Å². The molecular formula is C12H19N3OS. The molecule has 1 fully saturated rings. The molecule has 2 rings (SSSR count). The highest BCUT2D eigenvalue weighted by atomic mass is 32.1. The van der Waals surface area contributed by atoms with E-state index in [-0.39, 0.29) is 11.9 Å². The van der Waals surface area contributed by atoms with Crippen molar-refractivity contribution in [3.63, 3.8) is 0 Å². The second kappa shape index (κ2) is 5.14. The molecule has 1 amide bonds. The van der Waals surface area contributed by atoms with Gasteiger partial charge in [0.05, 0.1) is 11.2 Å². The summed E-state index contributed by atoms with van der Waals surface area (Å²) < 4.78 is 0. The fraction of sp³-hybridized carbons (Fsp3) is 0.667. The summed E-state index contributed by atoms with van der Waals surface area (Å²) in [7, 11) is 0. The zero-order chi connectivity index (χ0) is 12.4. The van der Waals surface area contributed by atoms with Gasteiger partial charge in [0.2, 0.25) is 0 Å². The van der Waals surface area contributed by atoms with Crippen molar-refractivity contribution in [2.75, 3.05) is 13.1 Å². The minimum Gasteiger partial charge on any atom is -0.338 e. The Hall–Kier alpha value is -0.940. The first kappa shape index (κ1) is 12.5. The van der Waals surface area contributed by atoms with Gasteiger partial charge in [0.25, 0.3) is 5.91 Å². The van der Waals surface area contributed by atoms with Crippen LogP contribution in [-0.2, 0) is 0 Å². The smallest absolute Gasteiger partial charge is 0.265 e. The Bertz CT molecular complexity index is 402. The van der Waals surface area contributed by atoms with Crippen molar-refractivity contribution in [2.24, 2.45) is 11.7 Å². The van der Waals surface area contributed by atoms with E-state index in [4.69, 9.17) is 5.73 Å². The van der Waals surface area contributed by atoms with E-state index in [1.54, 1.807) is 6.20 Å². The molecule has 0 bridgehead atoms. The first-order valence-electron chi connectivity index (χ1n) is 6.05. The van der Waals surface area contributed by atoms with Gasteiger partial charge in [0.1, 0.15) is 4.88 Å². The molecule has 0 unspecified atom stereocenters. The van der Waals surface area contributed by atoms with Crippen LogP contribution in [0.2, 0.25) is 0 Å². The SMILES string of the molecule is Cc1ncc(C(=O)N2CCC[C@H]([C@H](C)N)C2)s1. The normalized spacial score (nSPS) is 22.5. The molecule has 2 N–H and O–H groups in total. The molecule has 1 aliphatic rings. The van der Waals surface area contributed by atoms with Crippen LogP contribution < -0.4 is 5.73 Å². The van der Waals surface area contributed by atoms with Crippen molar-refractivity contribution >= 4 is 17.2 Å². The summed E-state index contributed by atoms with van der Waals surface area (Å²) in [5.74, 6) is 0.544. The molecule has 17 heavy (non-hydrogen) atoms. The van der Waals surface area contributed by atoms with Gasteiger partial charge in [0.15, 0.2) is 0 Å². The van der Waals surface area contributed by atoms with Crippen molar-refractivity contribution in [3.8, 4) is 0 Å². The van der Waals surface area contributed by atoms with E-state index in [2.05, 4.69) is 4.98 Å². The van der Waals surface area contributed by atoms with E-state index in [1.165, 1.54) is 11.3 Å². The number of rotatable bonds is 2. The van der Waals surface area contributed by atoms with Crippen LogP contribution in [0.3, 0.4) is 0 Å². The Balaban J connectivity index is 2.04. The average molecular weight is 253 g/mol. The third-order valence-corrected chi connectivity index (χ3v) is 4.22. The van der Waals surface area contributed by atoms with Gasteiger partial charge in [-0.3, -0.25) is 4.79 Å². The van der Waals surface area contributed by atoms with Crippen LogP contribution in [0.1, 0.15) is 34.4 Å². The lowest BCUT2D eigenvalue weighted by molar-refractivity contribution is 0.0665. The van der Waals surface area contributed by atoms with Crippen LogP contribution in [0.5, 0.6) is 0 Å². The lowest BCUT2D eigenvalue weighted by Gasteiger charge is -2.34. The van der Waals surface area contributed by atoms with Gasteiger partial charge in [-0.05, 0) is 32.6 Å². The second-order valence-electron chi connectivity index (χ2n) is 4.76. The first-order chi connectivity index (χ1) is 8.08. The minimum atomic E-state index is 0.112. The zero-order valence-electron chi connectivity index (χ0n) is 10.3. The molecule has 0 spiro atoms. The molecule has 1 aromatic heterocycles. The van der Waals surface area contributed by atoms with E-state index in [1.807, 2.05) is 18.7 Å². The Morgan fingerprint density at radius 1 is 1.71 bits per heavy atom. The number of hydrogen-bond acceptors (Lipinski definition) is 4. The summed E-state index contributed by atoms with van der Waals surface area (Å²) in [6.45, 7) is 5.57. The fourth-order valence-electron chi connectivity index (χ4n) is 2.24. The van der Waals surface area contributed by atoms with Crippen molar-refractivity contribution in [2.45, 2.75) is 32.7 Å². The van der Waals surface area contributed by atoms with E-state index in [0.29, 0.717) is 5.92 Å². The molecule has 0 radical (unpaired) electrons. The topological polar surface area (TPSA) is 59.2 Å². The van der Waals surface area contributed by atoms with Crippen LogP contribution in [0.4, 0.5) is 0 Å². The summed E-state index contributed by atoms with van der Waals surface area (Å²) in [5, 5.41) is 0.939. The monoisotopic (exact) mass is 253 g/mol. The number of aromatic nitrogens is 1. The van der Waals surface area contributed by atoms with E-state index in [0.717, 1.165) is 35.8 Å². The maximum absolute atomic E-state index is 12.2. The van der Waals surface area contributed by atoms with Crippen LogP contribution in [0.25, 0.3) is 0 Å². The molecule has 2 atom stereocenters. The fourth-order valence-corrected chi connectivity index (χ4v) is 2.99. The van der Waals surface area contributed by atoms with Gasteiger partial charge in [-0.2, -0.15) is 0 Å². The Labute approximate surface area is 106 Å². The highest BCUT2D eigenvalue weighted by Gasteiger charge is 2.27. The quantitative estimate of drug-likeness (QED) is 0.872. The molecule has 4 nitrogen and oxygen atoms in total. The largest absolute Gasteiger partial charge is 0.338 e. The van der Waals surface area contributed by atoms with E-state index >= 15 is 0 Å². The molecule has 1 aromatic rings. The van der Waals surface area contributed by atoms with Gasteiger partial charge in [-0.1, -0.05) is 0 Å². The van der Waals surface area contributed by atoms with Gasteiger partial charge in [-0.15, -0.1) is 11.3 Å². The maximum atomic E-state index is 12.2. The van der Waals surface area contributed by atoms with Crippen LogP contribution >= 0.6 is 11.3 Å². The van der Waals surface area contributed by atoms with Crippen molar-refractivity contribution < 1.29 is 4.79 Å². The molecule has 1 aliphatic heterocycles. The molecule has 1 saturated heterocycles. The number of likely N-dealkylation sites (tertiary alicyclic amines) is 1. The number of carbonyl (C=O) groups is 1. The van der Waals surface area contributed by atoms with Crippen LogP contribution in [0, 0.1) is 12.8 Å². The van der Waals surface area contributed by atoms with Gasteiger partial charge < -0.3 is 10.6 Å². The van der Waals surface area contributed by atoms with Crippen molar-refractivity contribution in [3.05, 3.63) is 16.1 Å². The van der Waals surface area contributed by atoms with Crippen LogP contribution in [0.15, 0.2) is 6.20 Å². The maximum Gasteiger partial charge on any atom is 0.265 e. The molecular weight excluding hydrogens is 234 g/mol. The summed E-state index contributed by atoms with van der Waals surface area (Å²) in [5.41, 5.74) is 5.92. The molecule has 0 aliphatic carbocycles. The Morgan fingerprint density at radius 3 is 3.06 bits per heavy atom. The number of nitrogens with zero attached hydrogens (tertiary/aromatic N) is 2. The average Bonchev–Trinajstić information content (AvgIpc) is 2.75. The number of nitrogens with two attached hydrogens (primary N) is 1. The minimum absolute atomic E-state index is 0.112. The Kier molecular flexibility index (Phi) is 3.79. The summed E-state index contributed by atoms with van der Waals surface area (Å²) in [6.07, 6.45) is 3.86. The summed E-state index contributed by atoms with van der Waals surface area (Å²) in [6, 6.07) is 0.161. The number of aryl methyl sites for hydroxylation is 1. The third kappa shape index (κ3) is 2.84. The van der Waals surface area contributed by atoms with Crippen LogP contribution in [-0.4, -0.2) is 34.9 Å². The predicted molar refractivity (Wildman–Crippen MR) is 69.1 cm³/mol. The Morgan fingerprint density at radius 2 is 2.47 bits per heavy atom. The summed E-state index contributed by atoms with van der Waals surface area (Å²) in [4.78, 5) is 19.0. The molecule has 0 aromatic carbocycles. The van der Waals surface area contributed by atoms with E-state index in [9.17, 15) is 4.79 Å². The number of thiazole rings is 1. The number of carbonyl (C=O) groups excluding carboxylic acids is 1. The molecule has 0 saturated carbocycles. The standard InChI is InChI=1S/C12H19N3OS/c1-8(13)10-4-3-5-15(7-10)12(16)11-6-14-9(2)17-11/h6,8,10H,3-5,7,13H2,1-2H3/t8-,10-/m0/s1. The summed E-state index contributed by atoms with van der Waals surface area (Å²) >= 11 is 1.47. The van der Waals surface area contributed by atoms with E-state index < -0.39 is 0 Å². The highest BCUT2D eigenvalue weighted by Crippen LogP contribution is 2.22. The third-order valence-electron chi connectivity index (χ3n) is 3.32. The predicted octanol–water partition coefficient (Wildman–Crippen LogP) is 1.65. The van der Waals surface area contributed by atoms with Gasteiger partial charge in [0, 0.05) is 19.1 Å². The highest BCUT2D eigenvalue weighted by molar-refractivity contribution is 7.13. The number of hydrogen-bond donors (Lipinski definition) is 1. The van der Waals surface area contributed by atoms with Gasteiger partial charge in [-0.25, -0.2) is 4.98 Å². The zero-order valence-corrected chi connectivity index (χ0v) is 11.2. The molecule has 94 valence electrons. The van der Waals surface area contributed by atoms with Gasteiger partial charge >= 0.3 is 0 Å². The number of amides is 1. The molecule has 5 heteroatoms. The first-order valence-corrected chi connectivity index (χ1v) is 6.87. The lowest BCUT2D eigenvalue weighted by atomic mass is 9.92.